The zero-order valence-electron chi connectivity index (χ0n) is 18.6. The molecule has 172 valence electrons. The molecule has 0 spiro atoms. The minimum absolute atomic E-state index is 0.0419. The Morgan fingerprint density at radius 3 is 2.68 bits per heavy atom. The van der Waals surface area contributed by atoms with Crippen molar-refractivity contribution in [2.24, 2.45) is 0 Å². The number of nitrogens with one attached hydrogen (secondary N) is 1. The summed E-state index contributed by atoms with van der Waals surface area (Å²) in [5.74, 6) is 1.62. The molecule has 0 radical (unpaired) electrons. The van der Waals surface area contributed by atoms with Crippen LogP contribution in [0.15, 0.2) is 81.6 Å². The molecule has 0 bridgehead atoms. The van der Waals surface area contributed by atoms with Gasteiger partial charge in [-0.3, -0.25) is 4.90 Å². The summed E-state index contributed by atoms with van der Waals surface area (Å²) < 4.78 is 16.3. The zero-order valence-corrected chi connectivity index (χ0v) is 18.6. The van der Waals surface area contributed by atoms with Crippen LogP contribution in [0.5, 0.6) is 11.5 Å². The Labute approximate surface area is 195 Å². The highest BCUT2D eigenvalue weighted by Crippen LogP contribution is 2.40. The van der Waals surface area contributed by atoms with E-state index in [0.29, 0.717) is 34.2 Å². The maximum atomic E-state index is 13.1. The second-order valence-corrected chi connectivity index (χ2v) is 7.77. The number of hydrogen-bond donors (Lipinski definition) is 2. The van der Waals surface area contributed by atoms with E-state index in [2.05, 4.69) is 15.5 Å². The molecule has 0 fully saturated rings. The molecule has 2 aromatic heterocycles. The van der Waals surface area contributed by atoms with Gasteiger partial charge in [0.25, 0.3) is 5.89 Å². The lowest BCUT2D eigenvalue weighted by Gasteiger charge is -2.34. The summed E-state index contributed by atoms with van der Waals surface area (Å²) in [4.78, 5) is 19.3. The van der Waals surface area contributed by atoms with Gasteiger partial charge in [-0.25, -0.2) is 4.79 Å². The maximum absolute atomic E-state index is 13.1. The standard InChI is InChI=1S/C25H22N4O5/c1-15-21(24-27-23(28-34-24)16-7-4-3-5-8-16)22(17-10-11-20(32-2)19(30)13-17)26-25(31)29(15)14-18-9-6-12-33-18/h3-13,22,30H,14H2,1-2H3,(H,26,31). The molecule has 0 saturated carbocycles. The van der Waals surface area contributed by atoms with Crippen LogP contribution in [0.1, 0.15) is 30.2 Å². The number of methoxy groups -OCH3 is 1. The third kappa shape index (κ3) is 3.88. The molecule has 3 heterocycles. The molecule has 1 aliphatic rings. The summed E-state index contributed by atoms with van der Waals surface area (Å²) in [5.41, 5.74) is 2.69. The lowest BCUT2D eigenvalue weighted by Crippen LogP contribution is -2.45. The third-order valence-electron chi connectivity index (χ3n) is 5.72. The van der Waals surface area contributed by atoms with E-state index in [0.717, 1.165) is 5.56 Å². The number of phenols is 1. The molecular weight excluding hydrogens is 436 g/mol. The van der Waals surface area contributed by atoms with E-state index in [1.807, 2.05) is 37.3 Å². The molecule has 34 heavy (non-hydrogen) atoms. The van der Waals surface area contributed by atoms with Crippen LogP contribution in [0.25, 0.3) is 17.0 Å². The fourth-order valence-corrected chi connectivity index (χ4v) is 3.98. The monoisotopic (exact) mass is 458 g/mol. The number of aromatic hydroxyl groups is 1. The Hall–Kier alpha value is -4.53. The molecule has 1 atom stereocenters. The predicted molar refractivity (Wildman–Crippen MR) is 123 cm³/mol. The Morgan fingerprint density at radius 2 is 1.97 bits per heavy atom. The van der Waals surface area contributed by atoms with Gasteiger partial charge >= 0.3 is 6.03 Å². The van der Waals surface area contributed by atoms with E-state index in [1.165, 1.54) is 7.11 Å². The molecule has 2 N–H and O–H groups in total. The average molecular weight is 458 g/mol. The van der Waals surface area contributed by atoms with Gasteiger partial charge in [-0.2, -0.15) is 4.98 Å². The first-order valence-corrected chi connectivity index (χ1v) is 10.6. The highest BCUT2D eigenvalue weighted by Gasteiger charge is 2.36. The summed E-state index contributed by atoms with van der Waals surface area (Å²) in [6.07, 6.45) is 1.56. The highest BCUT2D eigenvalue weighted by atomic mass is 16.5. The van der Waals surface area contributed by atoms with Crippen LogP contribution >= 0.6 is 0 Å². The van der Waals surface area contributed by atoms with Crippen LogP contribution in [0.2, 0.25) is 0 Å². The van der Waals surface area contributed by atoms with Crippen molar-refractivity contribution in [2.45, 2.75) is 19.5 Å². The Balaban J connectivity index is 1.61. The molecule has 4 aromatic rings. The molecule has 5 rings (SSSR count). The molecule has 2 aromatic carbocycles. The third-order valence-corrected chi connectivity index (χ3v) is 5.72. The van der Waals surface area contributed by atoms with E-state index in [9.17, 15) is 9.90 Å². The molecule has 0 aliphatic carbocycles. The minimum Gasteiger partial charge on any atom is -0.504 e. The molecule has 9 heteroatoms. The topological polar surface area (TPSA) is 114 Å². The minimum atomic E-state index is -0.638. The van der Waals surface area contributed by atoms with Crippen LogP contribution in [0.3, 0.4) is 0 Å². The number of urea groups is 1. The van der Waals surface area contributed by atoms with Gasteiger partial charge in [0.15, 0.2) is 11.5 Å². The van der Waals surface area contributed by atoms with E-state index in [1.54, 1.807) is 41.5 Å². The van der Waals surface area contributed by atoms with Crippen molar-refractivity contribution in [3.63, 3.8) is 0 Å². The number of rotatable bonds is 6. The summed E-state index contributed by atoms with van der Waals surface area (Å²) in [6, 6.07) is 17.0. The molecule has 0 saturated heterocycles. The number of carbonyl (C=O) groups excluding carboxylic acids is 1. The van der Waals surface area contributed by atoms with Crippen molar-refractivity contribution in [3.8, 4) is 22.9 Å². The predicted octanol–water partition coefficient (Wildman–Crippen LogP) is 4.74. The largest absolute Gasteiger partial charge is 0.504 e. The number of aromatic nitrogens is 2. The van der Waals surface area contributed by atoms with Gasteiger partial charge < -0.3 is 24.1 Å². The van der Waals surface area contributed by atoms with Gasteiger partial charge in [0.05, 0.1) is 31.5 Å². The normalized spacial score (nSPS) is 16.0. The Morgan fingerprint density at radius 1 is 1.15 bits per heavy atom. The van der Waals surface area contributed by atoms with Gasteiger partial charge in [0.1, 0.15) is 5.76 Å². The van der Waals surface area contributed by atoms with E-state index in [4.69, 9.17) is 13.7 Å². The lowest BCUT2D eigenvalue weighted by molar-refractivity contribution is 0.199. The molecule has 1 unspecified atom stereocenters. The van der Waals surface area contributed by atoms with Gasteiger partial charge in [-0.15, -0.1) is 0 Å². The molecule has 1 aliphatic heterocycles. The van der Waals surface area contributed by atoms with Gasteiger partial charge in [0.2, 0.25) is 5.82 Å². The first-order valence-electron chi connectivity index (χ1n) is 10.6. The SMILES string of the molecule is COc1ccc(C2NC(=O)N(Cc3ccco3)C(C)=C2c2nc(-c3ccccc3)no2)cc1O. The number of hydrogen-bond acceptors (Lipinski definition) is 7. The highest BCUT2D eigenvalue weighted by molar-refractivity contribution is 5.87. The second-order valence-electron chi connectivity index (χ2n) is 7.77. The Bertz CT molecular complexity index is 1340. The van der Waals surface area contributed by atoms with Crippen molar-refractivity contribution in [3.05, 3.63) is 89.8 Å². The number of ether oxygens (including phenoxy) is 1. The van der Waals surface area contributed by atoms with Crippen LogP contribution in [-0.4, -0.2) is 33.3 Å². The van der Waals surface area contributed by atoms with Crippen molar-refractivity contribution in [2.75, 3.05) is 7.11 Å². The van der Waals surface area contributed by atoms with E-state index < -0.39 is 6.04 Å². The van der Waals surface area contributed by atoms with Crippen molar-refractivity contribution in [1.29, 1.82) is 0 Å². The van der Waals surface area contributed by atoms with E-state index >= 15 is 0 Å². The fraction of sp³-hybridized carbons (Fsp3) is 0.160. The van der Waals surface area contributed by atoms with Crippen molar-refractivity contribution >= 4 is 11.6 Å². The number of phenolic OH excluding ortho intramolecular Hbond substituents is 1. The smallest absolute Gasteiger partial charge is 0.322 e. The fourth-order valence-electron chi connectivity index (χ4n) is 3.98. The number of amides is 2. The zero-order chi connectivity index (χ0) is 23.7. The van der Waals surface area contributed by atoms with E-state index in [-0.39, 0.29) is 24.2 Å². The first kappa shape index (κ1) is 21.3. The number of furan rings is 1. The summed E-state index contributed by atoms with van der Waals surface area (Å²) >= 11 is 0. The maximum Gasteiger partial charge on any atom is 0.322 e. The summed E-state index contributed by atoms with van der Waals surface area (Å²) in [6.45, 7) is 2.05. The second kappa shape index (κ2) is 8.78. The molecule has 9 nitrogen and oxygen atoms in total. The summed E-state index contributed by atoms with van der Waals surface area (Å²) in [7, 11) is 1.47. The Kier molecular flexibility index (Phi) is 5.51. The molecular formula is C25H22N4O5. The van der Waals surface area contributed by atoms with Crippen LogP contribution in [-0.2, 0) is 6.54 Å². The van der Waals surface area contributed by atoms with Gasteiger partial charge in [0, 0.05) is 11.3 Å². The van der Waals surface area contributed by atoms with Crippen molar-refractivity contribution in [1.82, 2.24) is 20.4 Å². The number of nitrogens with zero attached hydrogens (tertiary/aromatic N) is 3. The van der Waals surface area contributed by atoms with Crippen LogP contribution in [0, 0.1) is 0 Å². The average Bonchev–Trinajstić information content (AvgIpc) is 3.54. The number of carbonyl (C=O) groups is 1. The first-order chi connectivity index (χ1) is 16.5. The summed E-state index contributed by atoms with van der Waals surface area (Å²) in [5, 5.41) is 17.5. The molecule has 2 amide bonds. The van der Waals surface area contributed by atoms with Gasteiger partial charge in [-0.05, 0) is 36.8 Å². The lowest BCUT2D eigenvalue weighted by atomic mass is 9.94. The number of allylic oxidation sites excluding steroid dienone is 1. The van der Waals surface area contributed by atoms with Crippen LogP contribution in [0.4, 0.5) is 4.79 Å². The van der Waals surface area contributed by atoms with Crippen LogP contribution < -0.4 is 10.1 Å². The van der Waals surface area contributed by atoms with Gasteiger partial charge in [-0.1, -0.05) is 41.6 Å². The quantitative estimate of drug-likeness (QED) is 0.429. The van der Waals surface area contributed by atoms with Crippen molar-refractivity contribution < 1.29 is 23.6 Å². The number of benzene rings is 2.